The molecule has 140 valence electrons. The second-order valence-electron chi connectivity index (χ2n) is 5.92. The second kappa shape index (κ2) is 9.19. The van der Waals surface area contributed by atoms with E-state index in [1.165, 1.54) is 6.26 Å². The molecule has 7 heteroatoms. The van der Waals surface area contributed by atoms with Gasteiger partial charge >= 0.3 is 0 Å². The molecule has 27 heavy (non-hydrogen) atoms. The molecule has 0 spiro atoms. The number of amides is 1. The fraction of sp³-hybridized carbons (Fsp3) is 0.250. The van der Waals surface area contributed by atoms with Crippen LogP contribution in [0.4, 0.5) is 0 Å². The topological polar surface area (TPSA) is 77.2 Å². The van der Waals surface area contributed by atoms with Crippen LogP contribution in [-0.2, 0) is 17.8 Å². The van der Waals surface area contributed by atoms with Crippen LogP contribution in [0.25, 0.3) is 11.5 Å². The minimum absolute atomic E-state index is 0.127. The van der Waals surface area contributed by atoms with Crippen LogP contribution in [0.5, 0.6) is 5.88 Å². The summed E-state index contributed by atoms with van der Waals surface area (Å²) >= 11 is 5.88. The molecule has 3 rings (SSSR count). The Bertz CT molecular complexity index is 893. The zero-order valence-corrected chi connectivity index (χ0v) is 15.7. The molecule has 0 unspecified atom stereocenters. The molecule has 0 saturated heterocycles. The number of ether oxygens (including phenoxy) is 1. The Hall–Kier alpha value is -2.86. The number of hydrogen-bond donors (Lipinski definition) is 1. The van der Waals surface area contributed by atoms with Gasteiger partial charge in [-0.2, -0.15) is 0 Å². The van der Waals surface area contributed by atoms with Gasteiger partial charge < -0.3 is 14.5 Å². The van der Waals surface area contributed by atoms with E-state index in [9.17, 15) is 4.79 Å². The number of nitrogens with one attached hydrogen (secondary N) is 1. The van der Waals surface area contributed by atoms with Gasteiger partial charge in [0.15, 0.2) is 0 Å². The van der Waals surface area contributed by atoms with Crippen molar-refractivity contribution in [1.82, 2.24) is 15.3 Å². The van der Waals surface area contributed by atoms with Crippen LogP contribution in [-0.4, -0.2) is 22.5 Å². The van der Waals surface area contributed by atoms with Crippen molar-refractivity contribution in [2.45, 2.75) is 26.3 Å². The molecule has 2 aromatic heterocycles. The Kier molecular flexibility index (Phi) is 6.44. The molecule has 0 aliphatic carbocycles. The van der Waals surface area contributed by atoms with Gasteiger partial charge in [0.05, 0.1) is 18.7 Å². The molecule has 0 aliphatic heterocycles. The maximum atomic E-state index is 12.2. The molecular weight excluding hydrogens is 366 g/mol. The molecule has 3 aromatic rings. The number of oxazole rings is 1. The number of benzene rings is 1. The van der Waals surface area contributed by atoms with Gasteiger partial charge in [0.1, 0.15) is 6.26 Å². The van der Waals surface area contributed by atoms with E-state index in [0.29, 0.717) is 35.6 Å². The van der Waals surface area contributed by atoms with Gasteiger partial charge in [-0.3, -0.25) is 4.79 Å². The maximum absolute atomic E-state index is 12.2. The van der Waals surface area contributed by atoms with Crippen molar-refractivity contribution in [3.05, 3.63) is 65.1 Å². The molecule has 2 heterocycles. The van der Waals surface area contributed by atoms with Crippen LogP contribution in [0, 0.1) is 0 Å². The van der Waals surface area contributed by atoms with Crippen LogP contribution >= 0.6 is 11.6 Å². The third-order valence-electron chi connectivity index (χ3n) is 3.75. The van der Waals surface area contributed by atoms with Crippen molar-refractivity contribution in [3.8, 4) is 17.3 Å². The van der Waals surface area contributed by atoms with Crippen molar-refractivity contribution in [1.29, 1.82) is 0 Å². The van der Waals surface area contributed by atoms with Gasteiger partial charge in [0.2, 0.25) is 17.7 Å². The Morgan fingerprint density at radius 3 is 2.85 bits per heavy atom. The van der Waals surface area contributed by atoms with E-state index < -0.39 is 0 Å². The van der Waals surface area contributed by atoms with Gasteiger partial charge in [-0.05, 0) is 36.8 Å². The largest absolute Gasteiger partial charge is 0.477 e. The van der Waals surface area contributed by atoms with E-state index in [1.54, 1.807) is 18.3 Å². The highest BCUT2D eigenvalue weighted by atomic mass is 35.5. The van der Waals surface area contributed by atoms with Crippen molar-refractivity contribution < 1.29 is 13.9 Å². The smallest absolute Gasteiger partial charge is 0.226 e. The van der Waals surface area contributed by atoms with Crippen molar-refractivity contribution >= 4 is 17.5 Å². The lowest BCUT2D eigenvalue weighted by Crippen LogP contribution is -2.25. The molecule has 0 saturated carbocycles. The molecule has 0 bridgehead atoms. The minimum atomic E-state index is -0.156. The van der Waals surface area contributed by atoms with Gasteiger partial charge in [-0.25, -0.2) is 9.97 Å². The lowest BCUT2D eigenvalue weighted by molar-refractivity contribution is -0.120. The molecule has 0 radical (unpaired) electrons. The normalized spacial score (nSPS) is 10.6. The summed E-state index contributed by atoms with van der Waals surface area (Å²) in [5.41, 5.74) is 2.20. The van der Waals surface area contributed by atoms with Crippen LogP contribution in [0.3, 0.4) is 0 Å². The first-order valence-corrected chi connectivity index (χ1v) is 9.07. The summed E-state index contributed by atoms with van der Waals surface area (Å²) in [6, 6.07) is 10.9. The minimum Gasteiger partial charge on any atom is -0.477 e. The van der Waals surface area contributed by atoms with Gasteiger partial charge in [-0.1, -0.05) is 24.6 Å². The first-order valence-electron chi connectivity index (χ1n) is 8.69. The van der Waals surface area contributed by atoms with E-state index in [-0.39, 0.29) is 12.3 Å². The molecule has 0 atom stereocenters. The highest BCUT2D eigenvalue weighted by Gasteiger charge is 2.12. The van der Waals surface area contributed by atoms with E-state index in [1.807, 2.05) is 31.2 Å². The standard InChI is InChI=1S/C20H20ClN3O3/c1-2-10-26-19-15(4-3-9-22-19)12-23-18(25)11-17-13-27-20(24-17)14-5-7-16(21)8-6-14/h3-9,13H,2,10-12H2,1H3,(H,23,25). The number of nitrogens with zero attached hydrogens (tertiary/aromatic N) is 2. The molecular formula is C20H20ClN3O3. The summed E-state index contributed by atoms with van der Waals surface area (Å²) in [4.78, 5) is 20.8. The summed E-state index contributed by atoms with van der Waals surface area (Å²) in [6.45, 7) is 2.96. The Morgan fingerprint density at radius 2 is 2.07 bits per heavy atom. The van der Waals surface area contributed by atoms with E-state index in [4.69, 9.17) is 20.8 Å². The third kappa shape index (κ3) is 5.31. The van der Waals surface area contributed by atoms with E-state index in [2.05, 4.69) is 15.3 Å². The molecule has 1 aromatic carbocycles. The number of hydrogen-bond acceptors (Lipinski definition) is 5. The number of rotatable bonds is 8. The Labute approximate surface area is 162 Å². The maximum Gasteiger partial charge on any atom is 0.226 e. The van der Waals surface area contributed by atoms with Crippen LogP contribution in [0.1, 0.15) is 24.6 Å². The molecule has 0 aliphatic rings. The van der Waals surface area contributed by atoms with E-state index >= 15 is 0 Å². The van der Waals surface area contributed by atoms with Crippen molar-refractivity contribution in [2.75, 3.05) is 6.61 Å². The average Bonchev–Trinajstić information content (AvgIpc) is 3.14. The van der Waals surface area contributed by atoms with Crippen LogP contribution < -0.4 is 10.1 Å². The van der Waals surface area contributed by atoms with Crippen molar-refractivity contribution in [3.63, 3.8) is 0 Å². The third-order valence-corrected chi connectivity index (χ3v) is 4.01. The van der Waals surface area contributed by atoms with Gasteiger partial charge in [0.25, 0.3) is 0 Å². The van der Waals surface area contributed by atoms with Gasteiger partial charge in [0, 0.05) is 28.9 Å². The summed E-state index contributed by atoms with van der Waals surface area (Å²) in [5.74, 6) is 0.847. The lowest BCUT2D eigenvalue weighted by Gasteiger charge is -2.10. The quantitative estimate of drug-likeness (QED) is 0.633. The SMILES string of the molecule is CCCOc1ncccc1CNC(=O)Cc1coc(-c2ccc(Cl)cc2)n1. The summed E-state index contributed by atoms with van der Waals surface area (Å²) in [5, 5.41) is 3.50. The number of halogens is 1. The number of carbonyl (C=O) groups excluding carboxylic acids is 1. The number of pyridine rings is 1. The molecule has 0 fully saturated rings. The Morgan fingerprint density at radius 1 is 1.26 bits per heavy atom. The first-order chi connectivity index (χ1) is 13.2. The predicted molar refractivity (Wildman–Crippen MR) is 103 cm³/mol. The Balaban J connectivity index is 1.57. The zero-order chi connectivity index (χ0) is 19.1. The van der Waals surface area contributed by atoms with Crippen molar-refractivity contribution in [2.24, 2.45) is 0 Å². The summed E-state index contributed by atoms with van der Waals surface area (Å²) < 4.78 is 11.1. The summed E-state index contributed by atoms with van der Waals surface area (Å²) in [6.07, 6.45) is 4.18. The number of aromatic nitrogens is 2. The molecule has 1 amide bonds. The highest BCUT2D eigenvalue weighted by Crippen LogP contribution is 2.21. The monoisotopic (exact) mass is 385 g/mol. The first kappa shape index (κ1) is 18.9. The fourth-order valence-electron chi connectivity index (χ4n) is 2.42. The molecule has 1 N–H and O–H groups in total. The summed E-state index contributed by atoms with van der Waals surface area (Å²) in [7, 11) is 0. The lowest BCUT2D eigenvalue weighted by atomic mass is 10.2. The molecule has 6 nitrogen and oxygen atoms in total. The van der Waals surface area contributed by atoms with Gasteiger partial charge in [-0.15, -0.1) is 0 Å². The fourth-order valence-corrected chi connectivity index (χ4v) is 2.55. The second-order valence-corrected chi connectivity index (χ2v) is 6.36. The van der Waals surface area contributed by atoms with E-state index in [0.717, 1.165) is 17.5 Å². The van der Waals surface area contributed by atoms with Crippen LogP contribution in [0.15, 0.2) is 53.3 Å². The number of carbonyl (C=O) groups is 1. The highest BCUT2D eigenvalue weighted by molar-refractivity contribution is 6.30. The average molecular weight is 386 g/mol. The van der Waals surface area contributed by atoms with Crippen LogP contribution in [0.2, 0.25) is 5.02 Å². The predicted octanol–water partition coefficient (Wildman–Crippen LogP) is 4.04. The zero-order valence-electron chi connectivity index (χ0n) is 14.9.